The van der Waals surface area contributed by atoms with Crippen molar-refractivity contribution in [1.82, 2.24) is 4.90 Å². The fourth-order valence-corrected chi connectivity index (χ4v) is 3.09. The van der Waals surface area contributed by atoms with E-state index in [1.165, 1.54) is 4.90 Å². The first-order chi connectivity index (χ1) is 9.85. The number of amides is 2. The van der Waals surface area contributed by atoms with Crippen LogP contribution in [0.5, 0.6) is 0 Å². The highest BCUT2D eigenvalue weighted by Gasteiger charge is 2.40. The van der Waals surface area contributed by atoms with Crippen LogP contribution < -0.4 is 5.32 Å². The van der Waals surface area contributed by atoms with Crippen molar-refractivity contribution in [2.75, 3.05) is 5.32 Å². The smallest absolute Gasteiger partial charge is 0.252 e. The molecule has 6 heteroatoms. The Bertz CT molecular complexity index is 591. The number of carbonyl (C=O) groups is 2. The topological polar surface area (TPSA) is 49.4 Å². The maximum Gasteiger partial charge on any atom is 0.252 e. The van der Waals surface area contributed by atoms with Crippen molar-refractivity contribution in [2.24, 2.45) is 0 Å². The molecule has 1 N–H and O–H groups in total. The molecule has 0 aliphatic carbocycles. The third-order valence-corrected chi connectivity index (χ3v) is 4.86. The Morgan fingerprint density at radius 2 is 2.14 bits per heavy atom. The Morgan fingerprint density at radius 1 is 1.48 bits per heavy atom. The molecule has 0 saturated carbocycles. The highest BCUT2D eigenvalue weighted by Crippen LogP contribution is 2.31. The minimum Gasteiger partial charge on any atom is -0.372 e. The van der Waals surface area contributed by atoms with E-state index in [0.29, 0.717) is 5.02 Å². The molecular weight excluding hydrogens is 356 g/mol. The second kappa shape index (κ2) is 6.36. The highest BCUT2D eigenvalue weighted by atomic mass is 79.9. The zero-order valence-electron chi connectivity index (χ0n) is 12.2. The van der Waals surface area contributed by atoms with E-state index in [2.05, 4.69) is 21.2 Å². The molecule has 0 bridgehead atoms. The van der Waals surface area contributed by atoms with Crippen LogP contribution in [0.3, 0.4) is 0 Å². The average molecular weight is 374 g/mol. The van der Waals surface area contributed by atoms with Gasteiger partial charge in [0.1, 0.15) is 6.04 Å². The third-order valence-electron chi connectivity index (χ3n) is 3.79. The van der Waals surface area contributed by atoms with Crippen molar-refractivity contribution in [2.45, 2.75) is 45.7 Å². The van der Waals surface area contributed by atoms with Gasteiger partial charge in [0.2, 0.25) is 5.91 Å². The Morgan fingerprint density at radius 3 is 2.76 bits per heavy atom. The minimum atomic E-state index is -0.526. The van der Waals surface area contributed by atoms with Gasteiger partial charge in [-0.05, 0) is 53.9 Å². The van der Waals surface area contributed by atoms with Crippen LogP contribution in [0.25, 0.3) is 0 Å². The number of hydrogen-bond acceptors (Lipinski definition) is 3. The van der Waals surface area contributed by atoms with Gasteiger partial charge in [-0.15, -0.1) is 0 Å². The summed E-state index contributed by atoms with van der Waals surface area (Å²) in [4.78, 5) is 25.8. The van der Waals surface area contributed by atoms with E-state index >= 15 is 0 Å². The molecule has 2 rings (SSSR count). The molecule has 21 heavy (non-hydrogen) atoms. The molecule has 1 aliphatic heterocycles. The number of rotatable bonds is 4. The molecule has 1 saturated heterocycles. The van der Waals surface area contributed by atoms with Gasteiger partial charge in [-0.1, -0.05) is 18.5 Å². The summed E-state index contributed by atoms with van der Waals surface area (Å²) in [6.45, 7) is 5.75. The lowest BCUT2D eigenvalue weighted by molar-refractivity contribution is -0.140. The number of anilines is 1. The van der Waals surface area contributed by atoms with Crippen LogP contribution in [-0.4, -0.2) is 28.8 Å². The largest absolute Gasteiger partial charge is 0.372 e. The second-order valence-corrected chi connectivity index (χ2v) is 6.60. The number of aryl methyl sites for hydroxylation is 1. The zero-order valence-corrected chi connectivity index (χ0v) is 14.6. The maximum absolute atomic E-state index is 12.4. The number of nitrogens with one attached hydrogen (secondary N) is 1. The van der Waals surface area contributed by atoms with Gasteiger partial charge in [0, 0.05) is 15.5 Å². The second-order valence-electron chi connectivity index (χ2n) is 5.34. The van der Waals surface area contributed by atoms with Crippen molar-refractivity contribution in [3.05, 3.63) is 27.2 Å². The van der Waals surface area contributed by atoms with Crippen molar-refractivity contribution >= 4 is 45.0 Å². The SMILES string of the molecule is CCC(C)N1C(=O)CC(Nc2cc(Cl)c(C)cc2Br)C1=O. The summed E-state index contributed by atoms with van der Waals surface area (Å²) in [7, 11) is 0. The molecule has 1 aliphatic rings. The van der Waals surface area contributed by atoms with E-state index in [9.17, 15) is 9.59 Å². The number of likely N-dealkylation sites (tertiary alicyclic amines) is 1. The Labute approximate surface area is 138 Å². The fraction of sp³-hybridized carbons (Fsp3) is 0.467. The summed E-state index contributed by atoms with van der Waals surface area (Å²) in [5.74, 6) is -0.292. The van der Waals surface area contributed by atoms with Crippen LogP contribution in [-0.2, 0) is 9.59 Å². The lowest BCUT2D eigenvalue weighted by Crippen LogP contribution is -2.40. The van der Waals surface area contributed by atoms with E-state index < -0.39 is 6.04 Å². The van der Waals surface area contributed by atoms with Crippen molar-refractivity contribution in [1.29, 1.82) is 0 Å². The standard InChI is InChI=1S/C15H18BrClN2O2/c1-4-9(3)19-14(20)7-13(15(19)21)18-12-6-11(17)8(2)5-10(12)16/h5-6,9,13,18H,4,7H2,1-3H3. The van der Waals surface area contributed by atoms with Crippen LogP contribution in [0.2, 0.25) is 5.02 Å². The van der Waals surface area contributed by atoms with Gasteiger partial charge < -0.3 is 5.32 Å². The van der Waals surface area contributed by atoms with Gasteiger partial charge in [0.25, 0.3) is 5.91 Å². The van der Waals surface area contributed by atoms with E-state index in [1.807, 2.05) is 26.8 Å². The van der Waals surface area contributed by atoms with Crippen LogP contribution >= 0.6 is 27.5 Å². The van der Waals surface area contributed by atoms with Crippen LogP contribution in [0.15, 0.2) is 16.6 Å². The molecule has 4 nitrogen and oxygen atoms in total. The van der Waals surface area contributed by atoms with Gasteiger partial charge >= 0.3 is 0 Å². The highest BCUT2D eigenvalue weighted by molar-refractivity contribution is 9.10. The van der Waals surface area contributed by atoms with Crippen molar-refractivity contribution < 1.29 is 9.59 Å². The van der Waals surface area contributed by atoms with E-state index in [0.717, 1.165) is 22.1 Å². The Kier molecular flexibility index (Phi) is 4.94. The number of nitrogens with zero attached hydrogens (tertiary/aromatic N) is 1. The van der Waals surface area contributed by atoms with Crippen molar-refractivity contribution in [3.63, 3.8) is 0 Å². The van der Waals surface area contributed by atoms with E-state index in [4.69, 9.17) is 11.6 Å². The number of halogens is 2. The van der Waals surface area contributed by atoms with E-state index in [1.54, 1.807) is 6.07 Å². The number of carbonyl (C=O) groups excluding carboxylic acids is 2. The Hall–Kier alpha value is -1.07. The summed E-state index contributed by atoms with van der Waals surface area (Å²) in [6, 6.07) is 3.06. The summed E-state index contributed by atoms with van der Waals surface area (Å²) in [6.07, 6.45) is 0.936. The molecule has 2 unspecified atom stereocenters. The van der Waals surface area contributed by atoms with Gasteiger partial charge in [-0.2, -0.15) is 0 Å². The third kappa shape index (κ3) is 3.24. The molecule has 1 fully saturated rings. The molecule has 1 heterocycles. The first-order valence-corrected chi connectivity index (χ1v) is 8.10. The first-order valence-electron chi connectivity index (χ1n) is 6.93. The predicted octanol–water partition coefficient (Wildman–Crippen LogP) is 3.75. The van der Waals surface area contributed by atoms with Gasteiger partial charge in [0.15, 0.2) is 0 Å². The number of hydrogen-bond donors (Lipinski definition) is 1. The molecule has 2 atom stereocenters. The molecule has 0 aromatic heterocycles. The van der Waals surface area contributed by atoms with Crippen LogP contribution in [0.4, 0.5) is 5.69 Å². The van der Waals surface area contributed by atoms with Gasteiger partial charge in [-0.3, -0.25) is 14.5 Å². The molecular formula is C15H18BrClN2O2. The monoisotopic (exact) mass is 372 g/mol. The first kappa shape index (κ1) is 16.3. The summed E-state index contributed by atoms with van der Waals surface area (Å²) in [5, 5.41) is 3.74. The molecule has 2 amide bonds. The van der Waals surface area contributed by atoms with Gasteiger partial charge in [0.05, 0.1) is 12.1 Å². The average Bonchev–Trinajstić information content (AvgIpc) is 2.70. The molecule has 114 valence electrons. The number of benzene rings is 1. The lowest BCUT2D eigenvalue weighted by atomic mass is 10.2. The quantitative estimate of drug-likeness (QED) is 0.818. The molecule has 0 spiro atoms. The maximum atomic E-state index is 12.4. The summed E-state index contributed by atoms with van der Waals surface area (Å²) in [5.41, 5.74) is 1.67. The Balaban J connectivity index is 2.20. The number of imide groups is 1. The van der Waals surface area contributed by atoms with Crippen LogP contribution in [0.1, 0.15) is 32.3 Å². The summed E-state index contributed by atoms with van der Waals surface area (Å²) >= 11 is 9.57. The summed E-state index contributed by atoms with van der Waals surface area (Å²) < 4.78 is 0.826. The molecule has 1 aromatic carbocycles. The van der Waals surface area contributed by atoms with Crippen LogP contribution in [0, 0.1) is 6.92 Å². The predicted molar refractivity (Wildman–Crippen MR) is 87.5 cm³/mol. The molecule has 0 radical (unpaired) electrons. The lowest BCUT2D eigenvalue weighted by Gasteiger charge is -2.22. The zero-order chi connectivity index (χ0) is 15.7. The van der Waals surface area contributed by atoms with Crippen molar-refractivity contribution in [3.8, 4) is 0 Å². The molecule has 1 aromatic rings. The minimum absolute atomic E-state index is 0.0677. The van der Waals surface area contributed by atoms with E-state index in [-0.39, 0.29) is 24.3 Å². The normalized spacial score (nSPS) is 20.0. The fourth-order valence-electron chi connectivity index (χ4n) is 2.35. The van der Waals surface area contributed by atoms with Gasteiger partial charge in [-0.25, -0.2) is 0 Å².